The van der Waals surface area contributed by atoms with Crippen LogP contribution in [-0.4, -0.2) is 37.6 Å². The number of hydrogen-bond acceptors (Lipinski definition) is 8. The van der Waals surface area contributed by atoms with Gasteiger partial charge in [-0.05, 0) is 35.7 Å². The van der Waals surface area contributed by atoms with Crippen molar-refractivity contribution in [3.8, 4) is 11.6 Å². The van der Waals surface area contributed by atoms with E-state index in [9.17, 15) is 4.79 Å². The number of thiophene rings is 1. The number of nitrogens with zero attached hydrogens (tertiary/aromatic N) is 4. The Morgan fingerprint density at radius 1 is 1.28 bits per heavy atom. The van der Waals surface area contributed by atoms with Crippen LogP contribution in [0.25, 0.3) is 11.6 Å². The van der Waals surface area contributed by atoms with Crippen molar-refractivity contribution in [3.05, 3.63) is 64.9 Å². The molecule has 10 heteroatoms. The molecule has 0 saturated carbocycles. The van der Waals surface area contributed by atoms with Gasteiger partial charge in [0.2, 0.25) is 0 Å². The third kappa shape index (κ3) is 3.64. The van der Waals surface area contributed by atoms with Crippen LogP contribution >= 0.6 is 23.1 Å². The van der Waals surface area contributed by atoms with Crippen molar-refractivity contribution in [1.82, 2.24) is 20.2 Å². The fraction of sp³-hybridized carbons (Fsp3) is 0.158. The molecule has 4 aromatic rings. The normalized spacial score (nSPS) is 16.3. The smallest absolute Gasteiger partial charge is 0.277 e. The molecule has 146 valence electrons. The van der Waals surface area contributed by atoms with Crippen LogP contribution in [0.2, 0.25) is 0 Å². The van der Waals surface area contributed by atoms with Crippen LogP contribution in [0.3, 0.4) is 0 Å². The van der Waals surface area contributed by atoms with Gasteiger partial charge in [0.1, 0.15) is 17.2 Å². The standard InChI is InChI=1S/C19H15N5O3S2/c25-17(11-29-19-22-21-18(27-19)12-4-1-7-20-12)24-14(16-6-3-9-28-16)10-13(23-24)15-5-2-8-26-15/h1-9,14,20H,10-11H2. The lowest BCUT2D eigenvalue weighted by molar-refractivity contribution is -0.130. The number of amides is 1. The molecule has 1 unspecified atom stereocenters. The lowest BCUT2D eigenvalue weighted by atomic mass is 10.1. The number of thioether (sulfide) groups is 1. The summed E-state index contributed by atoms with van der Waals surface area (Å²) in [7, 11) is 0. The molecular formula is C19H15N5O3S2. The molecule has 0 bridgehead atoms. The highest BCUT2D eigenvalue weighted by Crippen LogP contribution is 2.36. The van der Waals surface area contributed by atoms with E-state index in [4.69, 9.17) is 8.83 Å². The maximum absolute atomic E-state index is 13.0. The van der Waals surface area contributed by atoms with Crippen molar-refractivity contribution >= 4 is 34.7 Å². The topological polar surface area (TPSA) is 101 Å². The number of furan rings is 1. The van der Waals surface area contributed by atoms with E-state index in [0.717, 1.165) is 16.3 Å². The highest BCUT2D eigenvalue weighted by atomic mass is 32.2. The number of aromatic nitrogens is 3. The number of nitrogens with one attached hydrogen (secondary N) is 1. The van der Waals surface area contributed by atoms with E-state index >= 15 is 0 Å². The molecule has 1 aliphatic heterocycles. The predicted molar refractivity (Wildman–Crippen MR) is 109 cm³/mol. The lowest BCUT2D eigenvalue weighted by Crippen LogP contribution is -2.28. The van der Waals surface area contributed by atoms with Crippen LogP contribution in [0.5, 0.6) is 0 Å². The molecule has 0 radical (unpaired) electrons. The van der Waals surface area contributed by atoms with E-state index in [1.807, 2.05) is 41.8 Å². The Kier molecular flexibility index (Phi) is 4.78. The molecule has 0 saturated heterocycles. The first-order chi connectivity index (χ1) is 14.3. The van der Waals surface area contributed by atoms with E-state index in [2.05, 4.69) is 20.3 Å². The van der Waals surface area contributed by atoms with Crippen molar-refractivity contribution in [3.63, 3.8) is 0 Å². The second kappa shape index (κ2) is 7.72. The average molecular weight is 425 g/mol. The summed E-state index contributed by atoms with van der Waals surface area (Å²) in [6, 6.07) is 11.2. The van der Waals surface area contributed by atoms with Gasteiger partial charge in [0.05, 0.1) is 18.1 Å². The zero-order chi connectivity index (χ0) is 19.6. The van der Waals surface area contributed by atoms with Crippen LogP contribution in [-0.2, 0) is 4.79 Å². The van der Waals surface area contributed by atoms with Gasteiger partial charge in [0.15, 0.2) is 0 Å². The first kappa shape index (κ1) is 18.0. The molecule has 8 nitrogen and oxygen atoms in total. The number of hydrazone groups is 1. The summed E-state index contributed by atoms with van der Waals surface area (Å²) in [5, 5.41) is 16.4. The minimum Gasteiger partial charge on any atom is -0.463 e. The first-order valence-electron chi connectivity index (χ1n) is 8.85. The summed E-state index contributed by atoms with van der Waals surface area (Å²) < 4.78 is 11.1. The fourth-order valence-electron chi connectivity index (χ4n) is 3.06. The zero-order valence-electron chi connectivity index (χ0n) is 15.0. The van der Waals surface area contributed by atoms with Gasteiger partial charge in [-0.15, -0.1) is 21.5 Å². The quantitative estimate of drug-likeness (QED) is 0.465. The highest BCUT2D eigenvalue weighted by molar-refractivity contribution is 7.99. The number of rotatable bonds is 6. The van der Waals surface area contributed by atoms with E-state index in [-0.39, 0.29) is 17.7 Å². The van der Waals surface area contributed by atoms with Gasteiger partial charge in [0, 0.05) is 17.5 Å². The van der Waals surface area contributed by atoms with Crippen molar-refractivity contribution < 1.29 is 13.6 Å². The van der Waals surface area contributed by atoms with Crippen LogP contribution < -0.4 is 0 Å². The lowest BCUT2D eigenvalue weighted by Gasteiger charge is -2.20. The second-order valence-corrected chi connectivity index (χ2v) is 8.15. The summed E-state index contributed by atoms with van der Waals surface area (Å²) in [6.45, 7) is 0. The minimum absolute atomic E-state index is 0.130. The molecule has 5 heterocycles. The number of hydrogen-bond donors (Lipinski definition) is 1. The third-order valence-electron chi connectivity index (χ3n) is 4.40. The summed E-state index contributed by atoms with van der Waals surface area (Å²) in [5.41, 5.74) is 1.50. The van der Waals surface area contributed by atoms with E-state index < -0.39 is 0 Å². The summed E-state index contributed by atoms with van der Waals surface area (Å²) in [4.78, 5) is 17.0. The van der Waals surface area contributed by atoms with E-state index in [1.54, 1.807) is 28.8 Å². The fourth-order valence-corrected chi connectivity index (χ4v) is 4.49. The van der Waals surface area contributed by atoms with E-state index in [1.165, 1.54) is 11.8 Å². The van der Waals surface area contributed by atoms with Crippen molar-refractivity contribution in [2.75, 3.05) is 5.75 Å². The van der Waals surface area contributed by atoms with Gasteiger partial charge in [-0.3, -0.25) is 4.79 Å². The second-order valence-electron chi connectivity index (χ2n) is 6.24. The Balaban J connectivity index is 1.31. The molecular weight excluding hydrogens is 410 g/mol. The Labute approximate surface area is 173 Å². The van der Waals surface area contributed by atoms with Gasteiger partial charge < -0.3 is 13.8 Å². The zero-order valence-corrected chi connectivity index (χ0v) is 16.7. The van der Waals surface area contributed by atoms with Gasteiger partial charge in [-0.25, -0.2) is 5.01 Å². The molecule has 1 N–H and O–H groups in total. The molecule has 5 rings (SSSR count). The first-order valence-corrected chi connectivity index (χ1v) is 10.7. The van der Waals surface area contributed by atoms with Gasteiger partial charge in [-0.2, -0.15) is 5.10 Å². The van der Waals surface area contributed by atoms with Crippen LogP contribution in [0.4, 0.5) is 0 Å². The van der Waals surface area contributed by atoms with E-state index in [0.29, 0.717) is 23.3 Å². The largest absolute Gasteiger partial charge is 0.463 e. The number of H-pyrrole nitrogens is 1. The Morgan fingerprint density at radius 3 is 3.00 bits per heavy atom. The third-order valence-corrected chi connectivity index (χ3v) is 6.17. The summed E-state index contributed by atoms with van der Waals surface area (Å²) in [5.74, 6) is 1.08. The number of carbonyl (C=O) groups excluding carboxylic acids is 1. The molecule has 0 aliphatic carbocycles. The monoisotopic (exact) mass is 425 g/mol. The minimum atomic E-state index is -0.139. The molecule has 1 aliphatic rings. The molecule has 0 spiro atoms. The van der Waals surface area contributed by atoms with Gasteiger partial charge >= 0.3 is 0 Å². The average Bonchev–Trinajstić information content (AvgIpc) is 3.56. The predicted octanol–water partition coefficient (Wildman–Crippen LogP) is 4.19. The van der Waals surface area contributed by atoms with Gasteiger partial charge in [-0.1, -0.05) is 17.8 Å². The number of aromatic amines is 1. The maximum atomic E-state index is 13.0. The Morgan fingerprint density at radius 2 is 2.24 bits per heavy atom. The van der Waals surface area contributed by atoms with Crippen LogP contribution in [0.1, 0.15) is 23.1 Å². The Hall–Kier alpha value is -3.11. The summed E-state index contributed by atoms with van der Waals surface area (Å²) in [6.07, 6.45) is 4.00. The van der Waals surface area contributed by atoms with Crippen molar-refractivity contribution in [1.29, 1.82) is 0 Å². The molecule has 0 aromatic carbocycles. The molecule has 1 atom stereocenters. The van der Waals surface area contributed by atoms with Crippen LogP contribution in [0, 0.1) is 0 Å². The molecule has 4 aromatic heterocycles. The SMILES string of the molecule is O=C(CSc1nnc(-c2ccc[nH]2)o1)N1N=C(c2ccco2)CC1c1cccs1. The van der Waals surface area contributed by atoms with Gasteiger partial charge in [0.25, 0.3) is 17.0 Å². The molecule has 0 fully saturated rings. The molecule has 29 heavy (non-hydrogen) atoms. The summed E-state index contributed by atoms with van der Waals surface area (Å²) >= 11 is 2.80. The van der Waals surface area contributed by atoms with Crippen molar-refractivity contribution in [2.45, 2.75) is 17.7 Å². The maximum Gasteiger partial charge on any atom is 0.277 e. The van der Waals surface area contributed by atoms with Crippen molar-refractivity contribution in [2.24, 2.45) is 5.10 Å². The Bertz CT molecular complexity index is 1120. The van der Waals surface area contributed by atoms with Crippen LogP contribution in [0.15, 0.2) is 73.4 Å². The molecule has 1 amide bonds. The highest BCUT2D eigenvalue weighted by Gasteiger charge is 2.34. The number of carbonyl (C=O) groups is 1.